The van der Waals surface area contributed by atoms with Crippen molar-refractivity contribution < 1.29 is 4.42 Å². The number of fused-ring (bicyclic) bond motifs is 2. The van der Waals surface area contributed by atoms with Crippen LogP contribution in [0.3, 0.4) is 0 Å². The highest BCUT2D eigenvalue weighted by Crippen LogP contribution is 2.31. The smallest absolute Gasteiger partial charge is 0.302 e. The van der Waals surface area contributed by atoms with E-state index in [-0.39, 0.29) is 0 Å². The van der Waals surface area contributed by atoms with Crippen molar-refractivity contribution in [2.24, 2.45) is 0 Å². The molecule has 4 nitrogen and oxygen atoms in total. The Kier molecular flexibility index (Phi) is 3.47. The fourth-order valence-corrected chi connectivity index (χ4v) is 3.92. The lowest BCUT2D eigenvalue weighted by molar-refractivity contribution is 0.623. The Bertz CT molecular complexity index is 1220. The van der Waals surface area contributed by atoms with Gasteiger partial charge in [0.2, 0.25) is 0 Å². The number of rotatable bonds is 3. The predicted octanol–water partition coefficient (Wildman–Crippen LogP) is 6.16. The van der Waals surface area contributed by atoms with E-state index in [1.165, 1.54) is 5.56 Å². The highest BCUT2D eigenvalue weighted by Gasteiger charge is 2.10. The molecule has 0 saturated heterocycles. The van der Waals surface area contributed by atoms with Gasteiger partial charge in [0.15, 0.2) is 10.7 Å². The topological polar surface area (TPSA) is 51.0 Å². The summed E-state index contributed by atoms with van der Waals surface area (Å²) in [6, 6.07) is 23.0. The Hall–Kier alpha value is -3.18. The minimum absolute atomic E-state index is 0.459. The Labute approximate surface area is 154 Å². The van der Waals surface area contributed by atoms with E-state index in [4.69, 9.17) is 4.42 Å². The molecule has 3 aromatic carbocycles. The molecule has 0 aliphatic rings. The summed E-state index contributed by atoms with van der Waals surface area (Å²) in [4.78, 5) is 9.16. The molecular weight excluding hydrogens is 342 g/mol. The van der Waals surface area contributed by atoms with Crippen LogP contribution in [0.15, 0.2) is 71.1 Å². The standard InChI is InChI=1S/C21H15N3OS/c1-13-7-9-16-19(11-13)26-21(23-16)24-20-22-17-12-15(8-10-18(17)25-20)14-5-3-2-4-6-14/h2-12H,1H3,(H,22,23,24). The van der Waals surface area contributed by atoms with Crippen LogP contribution in [0.4, 0.5) is 11.1 Å². The zero-order valence-electron chi connectivity index (χ0n) is 14.1. The number of thiazole rings is 1. The average molecular weight is 357 g/mol. The molecule has 5 heteroatoms. The Morgan fingerprint density at radius 1 is 0.846 bits per heavy atom. The third kappa shape index (κ3) is 2.72. The zero-order chi connectivity index (χ0) is 17.5. The summed E-state index contributed by atoms with van der Waals surface area (Å²) in [6.07, 6.45) is 0. The summed E-state index contributed by atoms with van der Waals surface area (Å²) in [5.41, 5.74) is 6.06. The first-order valence-corrected chi connectivity index (χ1v) is 9.16. The van der Waals surface area contributed by atoms with Crippen molar-refractivity contribution in [3.05, 3.63) is 72.3 Å². The van der Waals surface area contributed by atoms with E-state index in [2.05, 4.69) is 46.5 Å². The van der Waals surface area contributed by atoms with Gasteiger partial charge in [-0.1, -0.05) is 53.8 Å². The summed E-state index contributed by atoms with van der Waals surface area (Å²) < 4.78 is 6.98. The van der Waals surface area contributed by atoms with Crippen LogP contribution in [0.25, 0.3) is 32.4 Å². The molecule has 0 bridgehead atoms. The van der Waals surface area contributed by atoms with E-state index in [0.29, 0.717) is 6.01 Å². The third-order valence-electron chi connectivity index (χ3n) is 4.25. The largest absolute Gasteiger partial charge is 0.423 e. The zero-order valence-corrected chi connectivity index (χ0v) is 14.9. The van der Waals surface area contributed by atoms with Gasteiger partial charge in [0, 0.05) is 0 Å². The maximum absolute atomic E-state index is 5.83. The van der Waals surface area contributed by atoms with Gasteiger partial charge in [-0.25, -0.2) is 4.98 Å². The van der Waals surface area contributed by atoms with E-state index in [9.17, 15) is 0 Å². The Balaban J connectivity index is 1.48. The van der Waals surface area contributed by atoms with Gasteiger partial charge < -0.3 is 4.42 Å². The molecule has 0 spiro atoms. The first-order chi connectivity index (χ1) is 12.7. The number of aromatic nitrogens is 2. The summed E-state index contributed by atoms with van der Waals surface area (Å²) in [5, 5.41) is 3.97. The van der Waals surface area contributed by atoms with Crippen LogP contribution in [0.5, 0.6) is 0 Å². The van der Waals surface area contributed by atoms with Crippen LogP contribution in [0, 0.1) is 6.92 Å². The number of hydrogen-bond donors (Lipinski definition) is 1. The number of aryl methyl sites for hydroxylation is 1. The molecule has 1 N–H and O–H groups in total. The van der Waals surface area contributed by atoms with Crippen LogP contribution < -0.4 is 5.32 Å². The molecule has 126 valence electrons. The van der Waals surface area contributed by atoms with E-state index < -0.39 is 0 Å². The van der Waals surface area contributed by atoms with Gasteiger partial charge in [0.05, 0.1) is 10.2 Å². The molecule has 2 aromatic heterocycles. The van der Waals surface area contributed by atoms with Gasteiger partial charge in [-0.2, -0.15) is 4.98 Å². The van der Waals surface area contributed by atoms with E-state index in [1.807, 2.05) is 42.5 Å². The maximum Gasteiger partial charge on any atom is 0.302 e. The quantitative estimate of drug-likeness (QED) is 0.420. The summed E-state index contributed by atoms with van der Waals surface area (Å²) in [5.74, 6) is 0. The monoisotopic (exact) mass is 357 g/mol. The average Bonchev–Trinajstić information content (AvgIpc) is 3.24. The number of oxazole rings is 1. The lowest BCUT2D eigenvalue weighted by atomic mass is 10.1. The molecule has 0 unspecified atom stereocenters. The van der Waals surface area contributed by atoms with Crippen molar-refractivity contribution >= 4 is 43.8 Å². The summed E-state index contributed by atoms with van der Waals surface area (Å²) >= 11 is 1.59. The van der Waals surface area contributed by atoms with Crippen molar-refractivity contribution in [1.82, 2.24) is 9.97 Å². The van der Waals surface area contributed by atoms with Gasteiger partial charge in [0.1, 0.15) is 5.52 Å². The first kappa shape index (κ1) is 15.1. The normalized spacial score (nSPS) is 11.3. The molecule has 26 heavy (non-hydrogen) atoms. The van der Waals surface area contributed by atoms with E-state index in [1.54, 1.807) is 11.3 Å². The molecular formula is C21H15N3OS. The first-order valence-electron chi connectivity index (χ1n) is 8.35. The van der Waals surface area contributed by atoms with E-state index >= 15 is 0 Å². The van der Waals surface area contributed by atoms with Gasteiger partial charge in [-0.05, 0) is 47.9 Å². The van der Waals surface area contributed by atoms with Gasteiger partial charge in [-0.15, -0.1) is 0 Å². The van der Waals surface area contributed by atoms with Crippen molar-refractivity contribution in [1.29, 1.82) is 0 Å². The maximum atomic E-state index is 5.83. The molecule has 0 fully saturated rings. The van der Waals surface area contributed by atoms with Crippen molar-refractivity contribution in [2.45, 2.75) is 6.92 Å². The fraction of sp³-hybridized carbons (Fsp3) is 0.0476. The molecule has 0 atom stereocenters. The number of anilines is 2. The van der Waals surface area contributed by atoms with Crippen molar-refractivity contribution in [2.75, 3.05) is 5.32 Å². The fourth-order valence-electron chi connectivity index (χ4n) is 2.97. The van der Waals surface area contributed by atoms with Gasteiger partial charge >= 0.3 is 6.01 Å². The molecule has 0 radical (unpaired) electrons. The second-order valence-electron chi connectivity index (χ2n) is 6.18. The third-order valence-corrected chi connectivity index (χ3v) is 5.19. The van der Waals surface area contributed by atoms with Crippen molar-refractivity contribution in [3.63, 3.8) is 0 Å². The minimum atomic E-state index is 0.459. The minimum Gasteiger partial charge on any atom is -0.423 e. The predicted molar refractivity (Wildman–Crippen MR) is 107 cm³/mol. The Morgan fingerprint density at radius 3 is 2.62 bits per heavy atom. The second kappa shape index (κ2) is 5.97. The van der Waals surface area contributed by atoms with Crippen LogP contribution in [0.1, 0.15) is 5.56 Å². The summed E-state index contributed by atoms with van der Waals surface area (Å²) in [7, 11) is 0. The van der Waals surface area contributed by atoms with Gasteiger partial charge in [0.25, 0.3) is 0 Å². The molecule has 0 aliphatic heterocycles. The number of benzene rings is 3. The summed E-state index contributed by atoms with van der Waals surface area (Å²) in [6.45, 7) is 2.08. The van der Waals surface area contributed by atoms with E-state index in [0.717, 1.165) is 37.6 Å². The molecule has 0 saturated carbocycles. The molecule has 5 aromatic rings. The Morgan fingerprint density at radius 2 is 1.73 bits per heavy atom. The lowest BCUT2D eigenvalue weighted by Gasteiger charge is -1.99. The molecule has 0 amide bonds. The highest BCUT2D eigenvalue weighted by atomic mass is 32.1. The number of nitrogens with zero attached hydrogens (tertiary/aromatic N) is 2. The molecule has 0 aliphatic carbocycles. The van der Waals surface area contributed by atoms with Crippen LogP contribution in [0.2, 0.25) is 0 Å². The molecule has 2 heterocycles. The van der Waals surface area contributed by atoms with Crippen LogP contribution >= 0.6 is 11.3 Å². The molecule has 5 rings (SSSR count). The van der Waals surface area contributed by atoms with Gasteiger partial charge in [-0.3, -0.25) is 5.32 Å². The lowest BCUT2D eigenvalue weighted by Crippen LogP contribution is -1.88. The van der Waals surface area contributed by atoms with Crippen molar-refractivity contribution in [3.8, 4) is 11.1 Å². The SMILES string of the molecule is Cc1ccc2nc(Nc3nc4cc(-c5ccccc5)ccc4o3)sc2c1. The second-order valence-corrected chi connectivity index (χ2v) is 7.21. The highest BCUT2D eigenvalue weighted by molar-refractivity contribution is 7.22. The number of nitrogens with one attached hydrogen (secondary N) is 1. The van der Waals surface area contributed by atoms with Crippen LogP contribution in [-0.4, -0.2) is 9.97 Å². The van der Waals surface area contributed by atoms with Crippen LogP contribution in [-0.2, 0) is 0 Å². The number of hydrogen-bond acceptors (Lipinski definition) is 5.